The second-order valence-corrected chi connectivity index (χ2v) is 5.44. The number of hydrogen-bond acceptors (Lipinski definition) is 3. The lowest BCUT2D eigenvalue weighted by molar-refractivity contribution is 0.0993. The van der Waals surface area contributed by atoms with E-state index in [0.717, 1.165) is 16.6 Å². The van der Waals surface area contributed by atoms with E-state index in [1.54, 1.807) is 19.3 Å². The number of nitrogens with zero attached hydrogens (tertiary/aromatic N) is 3. The first kappa shape index (κ1) is 14.8. The van der Waals surface area contributed by atoms with E-state index in [0.29, 0.717) is 5.56 Å². The fourth-order valence-corrected chi connectivity index (χ4v) is 2.50. The van der Waals surface area contributed by atoms with Crippen molar-refractivity contribution in [3.63, 3.8) is 0 Å². The van der Waals surface area contributed by atoms with Crippen molar-refractivity contribution in [2.24, 2.45) is 0 Å². The number of fused-ring (bicyclic) bond motifs is 1. The lowest BCUT2D eigenvalue weighted by atomic mass is 10.1. The highest BCUT2D eigenvalue weighted by Gasteiger charge is 2.18. The standard InChI is InChI=1S/C16H11Cl2N3O/c1-21(16(22)12-6-8-20-15(18)14(12)17)11-4-5-13-10(9-11)3-2-7-19-13/h2-9H,1H3. The first-order valence-electron chi connectivity index (χ1n) is 6.51. The second kappa shape index (κ2) is 5.91. The summed E-state index contributed by atoms with van der Waals surface area (Å²) in [6, 6.07) is 11.0. The number of amides is 1. The number of rotatable bonds is 2. The molecule has 0 unspecified atom stereocenters. The quantitative estimate of drug-likeness (QED) is 0.660. The Morgan fingerprint density at radius 3 is 2.73 bits per heavy atom. The van der Waals surface area contributed by atoms with Gasteiger partial charge in [-0.1, -0.05) is 29.3 Å². The summed E-state index contributed by atoms with van der Waals surface area (Å²) in [6.45, 7) is 0. The van der Waals surface area contributed by atoms with Crippen molar-refractivity contribution < 1.29 is 4.79 Å². The largest absolute Gasteiger partial charge is 0.311 e. The third kappa shape index (κ3) is 2.63. The molecule has 0 bridgehead atoms. The summed E-state index contributed by atoms with van der Waals surface area (Å²) in [6.07, 6.45) is 3.19. The van der Waals surface area contributed by atoms with Gasteiger partial charge in [0.2, 0.25) is 0 Å². The van der Waals surface area contributed by atoms with Gasteiger partial charge in [-0.25, -0.2) is 4.98 Å². The Balaban J connectivity index is 1.99. The van der Waals surface area contributed by atoms with Gasteiger partial charge >= 0.3 is 0 Å². The average molecular weight is 332 g/mol. The number of carbonyl (C=O) groups excluding carboxylic acids is 1. The lowest BCUT2D eigenvalue weighted by Gasteiger charge is -2.18. The zero-order valence-corrected chi connectivity index (χ0v) is 13.1. The number of benzene rings is 1. The molecule has 0 spiro atoms. The molecule has 110 valence electrons. The van der Waals surface area contributed by atoms with E-state index in [1.165, 1.54) is 11.1 Å². The van der Waals surface area contributed by atoms with E-state index >= 15 is 0 Å². The number of anilines is 1. The molecule has 3 rings (SSSR count). The topological polar surface area (TPSA) is 46.1 Å². The molecule has 4 nitrogen and oxygen atoms in total. The molecule has 0 aliphatic carbocycles. The molecule has 0 fully saturated rings. The van der Waals surface area contributed by atoms with Crippen LogP contribution in [0.3, 0.4) is 0 Å². The van der Waals surface area contributed by atoms with Crippen LogP contribution in [-0.2, 0) is 0 Å². The fourth-order valence-electron chi connectivity index (χ4n) is 2.15. The second-order valence-electron chi connectivity index (χ2n) is 4.71. The minimum absolute atomic E-state index is 0.114. The molecule has 6 heteroatoms. The van der Waals surface area contributed by atoms with Crippen LogP contribution in [0.1, 0.15) is 10.4 Å². The van der Waals surface area contributed by atoms with Crippen molar-refractivity contribution in [2.75, 3.05) is 11.9 Å². The van der Waals surface area contributed by atoms with Crippen LogP contribution >= 0.6 is 23.2 Å². The SMILES string of the molecule is CN(C(=O)c1ccnc(Cl)c1Cl)c1ccc2ncccc2c1. The van der Waals surface area contributed by atoms with E-state index in [1.807, 2.05) is 30.3 Å². The highest BCUT2D eigenvalue weighted by atomic mass is 35.5. The summed E-state index contributed by atoms with van der Waals surface area (Å²) >= 11 is 11.9. The van der Waals surface area contributed by atoms with Crippen LogP contribution in [0.4, 0.5) is 5.69 Å². The van der Waals surface area contributed by atoms with Crippen LogP contribution in [0.2, 0.25) is 10.2 Å². The highest BCUT2D eigenvalue weighted by molar-refractivity contribution is 6.43. The van der Waals surface area contributed by atoms with Crippen molar-refractivity contribution in [1.82, 2.24) is 9.97 Å². The van der Waals surface area contributed by atoms with Crippen LogP contribution in [-0.4, -0.2) is 22.9 Å². The highest BCUT2D eigenvalue weighted by Crippen LogP contribution is 2.27. The predicted molar refractivity (Wildman–Crippen MR) is 88.7 cm³/mol. The number of hydrogen-bond donors (Lipinski definition) is 0. The van der Waals surface area contributed by atoms with Gasteiger partial charge < -0.3 is 4.90 Å². The normalized spacial score (nSPS) is 10.7. The molecule has 2 aromatic heterocycles. The van der Waals surface area contributed by atoms with Crippen LogP contribution in [0.15, 0.2) is 48.8 Å². The minimum Gasteiger partial charge on any atom is -0.311 e. The third-order valence-corrected chi connectivity index (χ3v) is 4.12. The van der Waals surface area contributed by atoms with Crippen molar-refractivity contribution in [3.05, 3.63) is 64.5 Å². The van der Waals surface area contributed by atoms with Gasteiger partial charge in [0.1, 0.15) is 5.15 Å². The monoisotopic (exact) mass is 331 g/mol. The van der Waals surface area contributed by atoms with Crippen LogP contribution in [0.5, 0.6) is 0 Å². The van der Waals surface area contributed by atoms with Gasteiger partial charge in [0.25, 0.3) is 5.91 Å². The zero-order valence-electron chi connectivity index (χ0n) is 11.6. The van der Waals surface area contributed by atoms with Gasteiger partial charge in [-0.15, -0.1) is 0 Å². The Bertz CT molecular complexity index is 867. The molecular weight excluding hydrogens is 321 g/mol. The molecule has 0 aliphatic rings. The summed E-state index contributed by atoms with van der Waals surface area (Å²) < 4.78 is 0. The number of pyridine rings is 2. The predicted octanol–water partition coefficient (Wildman–Crippen LogP) is 4.21. The molecule has 3 aromatic rings. The van der Waals surface area contributed by atoms with Gasteiger partial charge in [0.05, 0.1) is 16.1 Å². The molecule has 2 heterocycles. The Hall–Kier alpha value is -2.17. The van der Waals surface area contributed by atoms with E-state index in [4.69, 9.17) is 23.2 Å². The first-order valence-corrected chi connectivity index (χ1v) is 7.26. The lowest BCUT2D eigenvalue weighted by Crippen LogP contribution is -2.26. The summed E-state index contributed by atoms with van der Waals surface area (Å²) in [5.41, 5.74) is 1.93. The molecule has 1 amide bonds. The van der Waals surface area contributed by atoms with E-state index in [9.17, 15) is 4.79 Å². The molecule has 0 saturated heterocycles. The molecule has 0 radical (unpaired) electrons. The Kier molecular flexibility index (Phi) is 3.96. The first-order chi connectivity index (χ1) is 10.6. The summed E-state index contributed by atoms with van der Waals surface area (Å²) in [5, 5.41) is 1.23. The molecule has 0 saturated carbocycles. The Morgan fingerprint density at radius 1 is 1.09 bits per heavy atom. The maximum Gasteiger partial charge on any atom is 0.259 e. The molecule has 1 aromatic carbocycles. The summed E-state index contributed by atoms with van der Waals surface area (Å²) in [5.74, 6) is -0.252. The number of aromatic nitrogens is 2. The Morgan fingerprint density at radius 2 is 1.91 bits per heavy atom. The number of halogens is 2. The smallest absolute Gasteiger partial charge is 0.259 e. The average Bonchev–Trinajstić information content (AvgIpc) is 2.55. The van der Waals surface area contributed by atoms with Crippen molar-refractivity contribution in [2.45, 2.75) is 0 Å². The third-order valence-electron chi connectivity index (χ3n) is 3.36. The van der Waals surface area contributed by atoms with Crippen LogP contribution in [0, 0.1) is 0 Å². The van der Waals surface area contributed by atoms with Gasteiger partial charge in [0.15, 0.2) is 0 Å². The summed E-state index contributed by atoms with van der Waals surface area (Å²) in [7, 11) is 1.69. The van der Waals surface area contributed by atoms with E-state index < -0.39 is 0 Å². The van der Waals surface area contributed by atoms with Crippen LogP contribution in [0.25, 0.3) is 10.9 Å². The maximum absolute atomic E-state index is 12.6. The van der Waals surface area contributed by atoms with E-state index in [-0.39, 0.29) is 16.1 Å². The molecule has 22 heavy (non-hydrogen) atoms. The van der Waals surface area contributed by atoms with Crippen molar-refractivity contribution in [3.8, 4) is 0 Å². The van der Waals surface area contributed by atoms with Gasteiger partial charge in [-0.3, -0.25) is 9.78 Å². The fraction of sp³-hybridized carbons (Fsp3) is 0.0625. The zero-order chi connectivity index (χ0) is 15.7. The molecule has 0 atom stereocenters. The molecular formula is C16H11Cl2N3O. The molecule has 0 N–H and O–H groups in total. The maximum atomic E-state index is 12.6. The van der Waals surface area contributed by atoms with Gasteiger partial charge in [0, 0.05) is 30.5 Å². The van der Waals surface area contributed by atoms with Gasteiger partial charge in [-0.2, -0.15) is 0 Å². The molecule has 0 aliphatic heterocycles. The van der Waals surface area contributed by atoms with Crippen LogP contribution < -0.4 is 4.90 Å². The van der Waals surface area contributed by atoms with Crippen molar-refractivity contribution >= 4 is 45.7 Å². The Labute approximate surface area is 137 Å². The summed E-state index contributed by atoms with van der Waals surface area (Å²) in [4.78, 5) is 22.2. The van der Waals surface area contributed by atoms with Gasteiger partial charge in [-0.05, 0) is 30.3 Å². The minimum atomic E-state index is -0.252. The van der Waals surface area contributed by atoms with E-state index in [2.05, 4.69) is 9.97 Å². The number of carbonyl (C=O) groups is 1. The van der Waals surface area contributed by atoms with Crippen molar-refractivity contribution in [1.29, 1.82) is 0 Å².